The van der Waals surface area contributed by atoms with Crippen molar-refractivity contribution in [3.8, 4) is 22.6 Å². The van der Waals surface area contributed by atoms with Gasteiger partial charge >= 0.3 is 25.3 Å². The van der Waals surface area contributed by atoms with E-state index >= 15 is 0 Å². The summed E-state index contributed by atoms with van der Waals surface area (Å²) in [6.07, 6.45) is 9.53. The Bertz CT molecular complexity index is 3400. The first kappa shape index (κ1) is 65.7. The molecule has 0 atom stereocenters. The van der Waals surface area contributed by atoms with Gasteiger partial charge in [-0.3, -0.25) is 34.3 Å². The number of hydrogen-bond donors (Lipinski definition) is 3. The van der Waals surface area contributed by atoms with Crippen LogP contribution < -0.4 is 35.4 Å². The first-order chi connectivity index (χ1) is 42.4. The lowest BCUT2D eigenvalue weighted by Gasteiger charge is -2.43. The molecule has 2 aromatic heterocycles. The van der Waals surface area contributed by atoms with Gasteiger partial charge in [-0.1, -0.05) is 52.3 Å². The molecule has 0 aliphatic carbocycles. The van der Waals surface area contributed by atoms with Crippen molar-refractivity contribution in [1.82, 2.24) is 50.2 Å². The summed E-state index contributed by atoms with van der Waals surface area (Å²) in [4.78, 5) is 75.4. The standard InChI is InChI=1S/C27H32N6O3.C24H29BrN4O3.C14H23BN2O4/c1-28-25(34)18-31-12-10-27(11-13-31)19-32(23-8-6-21(7-9-23)22-15-29-30-16-22)26(35)33(27)17-20-4-3-5-24(14-20)36-2;1-26-22(30)16-27-12-10-24(11-13-27)17-28(20-8-6-19(25)7-9-20)23(31)29(24)15-18-4-3-5-21(14-18)32-2;1-12(2,3)19-11(18)17-9-10(8-16-17)15-20-13(4,5)14(6,7)21-15/h3-9,14-16H,10-13,17-19H2,1-2H3,(H,28,34)(H,29,30);3-9,14H,10-13,15-17H2,1-2H3,(H,26,30);8-9H,1-7H3. The summed E-state index contributed by atoms with van der Waals surface area (Å²) in [6.45, 7) is 19.5. The fraction of sp³-hybridized carbons (Fsp3) is 0.462. The number of nitrogens with zero attached hydrogens (tertiary/aromatic N) is 9. The third-order valence-corrected chi connectivity index (χ3v) is 18.2. The maximum Gasteiger partial charge on any atom is 0.498 e. The van der Waals surface area contributed by atoms with Gasteiger partial charge in [0.1, 0.15) is 17.1 Å². The van der Waals surface area contributed by atoms with Crippen LogP contribution in [-0.4, -0.2) is 185 Å². The number of nitrogens with one attached hydrogen (secondary N) is 3. The van der Waals surface area contributed by atoms with Crippen molar-refractivity contribution in [2.24, 2.45) is 0 Å². The quantitative estimate of drug-likeness (QED) is 0.0870. The van der Waals surface area contributed by atoms with Crippen LogP contribution in [0.4, 0.5) is 25.8 Å². The van der Waals surface area contributed by atoms with Gasteiger partial charge < -0.3 is 44.0 Å². The smallest absolute Gasteiger partial charge is 0.497 e. The second-order valence-electron chi connectivity index (χ2n) is 25.3. The fourth-order valence-electron chi connectivity index (χ4n) is 11.8. The zero-order valence-corrected chi connectivity index (χ0v) is 54.6. The SMILES string of the molecule is CC(C)(C)OC(=O)n1cc(B2OC(C)(C)C(C)(C)O2)cn1.CNC(=O)CN1CCC2(CC1)CN(c1ccc(-c3cn[nH]c3)cc1)C(=O)N2Cc1cccc(OC)c1.CNC(=O)CN1CCC2(CC1)CN(c1ccc(Br)cc1)C(=O)N2Cc1cccc(OC)c1. The van der Waals surface area contributed by atoms with Crippen LogP contribution >= 0.6 is 15.9 Å². The number of likely N-dealkylation sites (tertiary alicyclic amines) is 2. The molecule has 5 saturated heterocycles. The molecule has 6 amide bonds. The molecule has 2 spiro atoms. The molecule has 11 rings (SSSR count). The van der Waals surface area contributed by atoms with E-state index in [1.807, 2.05) is 171 Å². The number of aromatic nitrogens is 4. The number of anilines is 2. The molecule has 3 N–H and O–H groups in total. The highest BCUT2D eigenvalue weighted by atomic mass is 79.9. The van der Waals surface area contributed by atoms with Crippen molar-refractivity contribution in [2.45, 2.75) is 115 Å². The van der Waals surface area contributed by atoms with Crippen molar-refractivity contribution < 1.29 is 47.5 Å². The van der Waals surface area contributed by atoms with Crippen LogP contribution in [0.2, 0.25) is 0 Å². The zero-order chi connectivity index (χ0) is 63.9. The number of carbonyl (C=O) groups excluding carboxylic acids is 5. The highest BCUT2D eigenvalue weighted by Gasteiger charge is 2.54. The molecule has 89 heavy (non-hydrogen) atoms. The Hall–Kier alpha value is -7.77. The Morgan fingerprint density at radius 2 is 1.12 bits per heavy atom. The summed E-state index contributed by atoms with van der Waals surface area (Å²) >= 11 is 3.48. The second kappa shape index (κ2) is 27.5. The van der Waals surface area contributed by atoms with Gasteiger partial charge in [-0.25, -0.2) is 14.4 Å². The summed E-state index contributed by atoms with van der Waals surface area (Å²) in [7, 11) is 6.09. The van der Waals surface area contributed by atoms with Crippen LogP contribution in [0, 0.1) is 0 Å². The third-order valence-electron chi connectivity index (χ3n) is 17.6. The lowest BCUT2D eigenvalue weighted by molar-refractivity contribution is -0.123. The van der Waals surface area contributed by atoms with Crippen LogP contribution in [0.15, 0.2) is 126 Å². The number of benzene rings is 4. The van der Waals surface area contributed by atoms with E-state index < -0.39 is 30.0 Å². The number of urea groups is 2. The van der Waals surface area contributed by atoms with Crippen molar-refractivity contribution >= 4 is 69.9 Å². The van der Waals surface area contributed by atoms with E-state index in [-0.39, 0.29) is 35.0 Å². The molecule has 5 aliphatic heterocycles. The first-order valence-electron chi connectivity index (χ1n) is 30.1. The van der Waals surface area contributed by atoms with Gasteiger partial charge in [0, 0.05) is 98.8 Å². The Labute approximate surface area is 530 Å². The summed E-state index contributed by atoms with van der Waals surface area (Å²) in [6, 6.07) is 31.8. The van der Waals surface area contributed by atoms with Crippen molar-refractivity contribution in [2.75, 3.05) is 90.5 Å². The van der Waals surface area contributed by atoms with E-state index in [1.54, 1.807) is 46.9 Å². The number of halogens is 1. The number of ether oxygens (including phenoxy) is 3. The predicted octanol–water partition coefficient (Wildman–Crippen LogP) is 8.55. The van der Waals surface area contributed by atoms with E-state index in [0.29, 0.717) is 44.7 Å². The Morgan fingerprint density at radius 1 is 0.663 bits per heavy atom. The molecule has 0 bridgehead atoms. The number of likely N-dealkylation sites (N-methyl/N-ethyl adjacent to an activating group) is 2. The molecule has 474 valence electrons. The molecule has 4 aromatic carbocycles. The number of methoxy groups -OCH3 is 2. The minimum Gasteiger partial charge on any atom is -0.497 e. The van der Waals surface area contributed by atoms with Gasteiger partial charge in [0.05, 0.1) is 68.9 Å². The molecule has 0 saturated carbocycles. The van der Waals surface area contributed by atoms with Gasteiger partial charge in [0.25, 0.3) is 0 Å². The van der Waals surface area contributed by atoms with Crippen LogP contribution in [-0.2, 0) is 36.7 Å². The number of carbonyl (C=O) groups is 5. The third kappa shape index (κ3) is 15.5. The average Bonchev–Trinajstić information content (AvgIpc) is 1.72. The Morgan fingerprint density at radius 3 is 1.54 bits per heavy atom. The molecule has 24 heteroatoms. The molecule has 0 unspecified atom stereocenters. The maximum atomic E-state index is 13.9. The number of rotatable bonds is 14. The second-order valence-corrected chi connectivity index (χ2v) is 26.2. The highest BCUT2D eigenvalue weighted by molar-refractivity contribution is 9.10. The summed E-state index contributed by atoms with van der Waals surface area (Å²) in [5.41, 5.74) is 4.62. The van der Waals surface area contributed by atoms with E-state index in [4.69, 9.17) is 23.5 Å². The van der Waals surface area contributed by atoms with E-state index in [1.165, 1.54) is 0 Å². The van der Waals surface area contributed by atoms with Gasteiger partial charge in [-0.05, 0) is 152 Å². The Balaban J connectivity index is 0.000000164. The largest absolute Gasteiger partial charge is 0.498 e. The minimum absolute atomic E-state index is 0.00799. The molecule has 22 nitrogen and oxygen atoms in total. The molecule has 5 aliphatic rings. The summed E-state index contributed by atoms with van der Waals surface area (Å²) in [5, 5.41) is 16.3. The molecule has 0 radical (unpaired) electrons. The van der Waals surface area contributed by atoms with E-state index in [0.717, 1.165) is 106 Å². The number of H-pyrrole nitrogens is 1. The molecule has 5 fully saturated rings. The van der Waals surface area contributed by atoms with E-state index in [9.17, 15) is 24.0 Å². The summed E-state index contributed by atoms with van der Waals surface area (Å²) < 4.78 is 30.0. The normalized spacial score (nSPS) is 18.5. The number of hydrogen-bond acceptors (Lipinski definition) is 14. The molecule has 6 aromatic rings. The molecule has 7 heterocycles. The zero-order valence-electron chi connectivity index (χ0n) is 53.0. The number of aromatic amines is 1. The van der Waals surface area contributed by atoms with Gasteiger partial charge in [-0.15, -0.1) is 0 Å². The molecular formula is C65H84BBrN12O10. The predicted molar refractivity (Wildman–Crippen MR) is 345 cm³/mol. The topological polar surface area (TPSA) is 222 Å². The monoisotopic (exact) mass is 1280 g/mol. The minimum atomic E-state index is -0.562. The Kier molecular flexibility index (Phi) is 20.3. The van der Waals surface area contributed by atoms with Crippen molar-refractivity contribution in [3.05, 3.63) is 137 Å². The lowest BCUT2D eigenvalue weighted by atomic mass is 9.82. The lowest BCUT2D eigenvalue weighted by Crippen LogP contribution is -2.55. The van der Waals surface area contributed by atoms with E-state index in [2.05, 4.69) is 51.7 Å². The average molecular weight is 1280 g/mol. The molecular weight excluding hydrogens is 1200 g/mol. The van der Waals surface area contributed by atoms with Gasteiger partial charge in [0.15, 0.2) is 0 Å². The van der Waals surface area contributed by atoms with Gasteiger partial charge in [-0.2, -0.15) is 14.9 Å². The summed E-state index contributed by atoms with van der Waals surface area (Å²) in [5.74, 6) is 1.60. The van der Waals surface area contributed by atoms with Crippen LogP contribution in [0.5, 0.6) is 11.5 Å². The number of piperidine rings is 2. The van der Waals surface area contributed by atoms with Crippen molar-refractivity contribution in [1.29, 1.82) is 0 Å². The van der Waals surface area contributed by atoms with Gasteiger partial charge in [0.2, 0.25) is 11.8 Å². The highest BCUT2D eigenvalue weighted by Crippen LogP contribution is 2.42. The van der Waals surface area contributed by atoms with Crippen LogP contribution in [0.25, 0.3) is 11.1 Å². The maximum absolute atomic E-state index is 13.9. The van der Waals surface area contributed by atoms with Crippen LogP contribution in [0.1, 0.15) is 85.3 Å². The first-order valence-corrected chi connectivity index (χ1v) is 30.9. The number of amides is 6. The van der Waals surface area contributed by atoms with Crippen molar-refractivity contribution in [3.63, 3.8) is 0 Å². The van der Waals surface area contributed by atoms with Crippen LogP contribution in [0.3, 0.4) is 0 Å². The fourth-order valence-corrected chi connectivity index (χ4v) is 12.0.